The average Bonchev–Trinajstić information content (AvgIpc) is 2.44. The predicted octanol–water partition coefficient (Wildman–Crippen LogP) is 2.83. The van der Waals surface area contributed by atoms with Gasteiger partial charge in [-0.05, 0) is 31.2 Å². The predicted molar refractivity (Wildman–Crippen MR) is 65.1 cm³/mol. The summed E-state index contributed by atoms with van der Waals surface area (Å²) in [7, 11) is 1.81. The Morgan fingerprint density at radius 3 is 2.67 bits per heavy atom. The van der Waals surface area contributed by atoms with E-state index in [1.807, 2.05) is 7.11 Å². The third-order valence-corrected chi connectivity index (χ3v) is 3.70. The number of nitrogens with one attached hydrogen (secondary N) is 1. The lowest BCUT2D eigenvalue weighted by Crippen LogP contribution is -2.39. The third-order valence-electron chi connectivity index (χ3n) is 3.70. The summed E-state index contributed by atoms with van der Waals surface area (Å²) in [4.78, 5) is 0. The molecule has 1 aliphatic carbocycles. The van der Waals surface area contributed by atoms with Crippen molar-refractivity contribution in [1.82, 2.24) is 5.32 Å². The van der Waals surface area contributed by atoms with E-state index in [4.69, 9.17) is 4.74 Å². The quantitative estimate of drug-likeness (QED) is 0.709. The van der Waals surface area contributed by atoms with Crippen molar-refractivity contribution in [3.8, 4) is 0 Å². The zero-order valence-corrected chi connectivity index (χ0v) is 10.6. The first-order chi connectivity index (χ1) is 7.29. The van der Waals surface area contributed by atoms with Gasteiger partial charge in [0.1, 0.15) is 0 Å². The molecular formula is C13H27NO. The molecule has 90 valence electrons. The van der Waals surface area contributed by atoms with Crippen LogP contribution in [0.1, 0.15) is 46.0 Å². The second kappa shape index (κ2) is 7.24. The number of ether oxygens (including phenoxy) is 1. The van der Waals surface area contributed by atoms with Crippen molar-refractivity contribution < 1.29 is 4.74 Å². The van der Waals surface area contributed by atoms with Crippen molar-refractivity contribution >= 4 is 0 Å². The van der Waals surface area contributed by atoms with Crippen molar-refractivity contribution in [2.75, 3.05) is 20.3 Å². The minimum atomic E-state index is 0.692. The van der Waals surface area contributed by atoms with Gasteiger partial charge in [-0.25, -0.2) is 0 Å². The molecule has 0 saturated heterocycles. The van der Waals surface area contributed by atoms with E-state index in [0.717, 1.165) is 25.1 Å². The Hall–Kier alpha value is -0.0800. The maximum absolute atomic E-state index is 5.30. The summed E-state index contributed by atoms with van der Waals surface area (Å²) in [6.45, 7) is 6.56. The zero-order valence-electron chi connectivity index (χ0n) is 10.6. The Morgan fingerprint density at radius 1 is 1.27 bits per heavy atom. The Kier molecular flexibility index (Phi) is 6.26. The molecule has 0 aromatic heterocycles. The molecule has 15 heavy (non-hydrogen) atoms. The van der Waals surface area contributed by atoms with Gasteiger partial charge in [0.2, 0.25) is 0 Å². The van der Waals surface area contributed by atoms with Crippen LogP contribution >= 0.6 is 0 Å². The molecule has 0 spiro atoms. The van der Waals surface area contributed by atoms with Crippen LogP contribution in [0, 0.1) is 11.8 Å². The van der Waals surface area contributed by atoms with Crippen LogP contribution < -0.4 is 5.32 Å². The topological polar surface area (TPSA) is 21.3 Å². The minimum Gasteiger partial charge on any atom is -0.384 e. The molecule has 3 unspecified atom stereocenters. The summed E-state index contributed by atoms with van der Waals surface area (Å²) in [5.74, 6) is 1.50. The highest BCUT2D eigenvalue weighted by Gasteiger charge is 2.27. The molecule has 0 radical (unpaired) electrons. The lowest BCUT2D eigenvalue weighted by molar-refractivity contribution is 0.110. The Labute approximate surface area is 94.8 Å². The van der Waals surface area contributed by atoms with Gasteiger partial charge >= 0.3 is 0 Å². The molecule has 1 saturated carbocycles. The maximum atomic E-state index is 5.30. The molecule has 1 N–H and O–H groups in total. The molecule has 0 heterocycles. The lowest BCUT2D eigenvalue weighted by Gasteiger charge is -2.30. The first kappa shape index (κ1) is 13.0. The normalized spacial score (nSPS) is 29.8. The smallest absolute Gasteiger partial charge is 0.0491 e. The highest BCUT2D eigenvalue weighted by molar-refractivity contribution is 4.82. The van der Waals surface area contributed by atoms with Crippen LogP contribution in [0.5, 0.6) is 0 Å². The van der Waals surface area contributed by atoms with E-state index in [9.17, 15) is 0 Å². The van der Waals surface area contributed by atoms with E-state index in [0.29, 0.717) is 5.92 Å². The first-order valence-corrected chi connectivity index (χ1v) is 6.52. The summed E-state index contributed by atoms with van der Waals surface area (Å²) in [6.07, 6.45) is 6.95. The lowest BCUT2D eigenvalue weighted by atomic mass is 9.84. The first-order valence-electron chi connectivity index (χ1n) is 6.52. The molecule has 0 aliphatic heterocycles. The summed E-state index contributed by atoms with van der Waals surface area (Å²) in [5.41, 5.74) is 0. The Balaban J connectivity index is 2.52. The van der Waals surface area contributed by atoms with Crippen LogP contribution in [0.25, 0.3) is 0 Å². The fourth-order valence-electron chi connectivity index (χ4n) is 2.92. The van der Waals surface area contributed by atoms with Crippen LogP contribution in [-0.2, 0) is 4.74 Å². The molecule has 2 heteroatoms. The van der Waals surface area contributed by atoms with Gasteiger partial charge in [-0.2, -0.15) is 0 Å². The second-order valence-corrected chi connectivity index (χ2v) is 4.90. The van der Waals surface area contributed by atoms with Crippen molar-refractivity contribution in [2.24, 2.45) is 11.8 Å². The molecule has 3 atom stereocenters. The number of rotatable bonds is 5. The standard InChI is InChI=1S/C13H27NO/c1-4-14-13-9-7-5-6-8-12(13)11(2)10-15-3/h11-14H,4-10H2,1-3H3. The van der Waals surface area contributed by atoms with Crippen LogP contribution in [0.4, 0.5) is 0 Å². The summed E-state index contributed by atoms with van der Waals surface area (Å²) in [5, 5.41) is 3.66. The summed E-state index contributed by atoms with van der Waals surface area (Å²) in [6, 6.07) is 0.725. The van der Waals surface area contributed by atoms with Gasteiger partial charge in [-0.3, -0.25) is 0 Å². The molecule has 1 fully saturated rings. The largest absolute Gasteiger partial charge is 0.384 e. The van der Waals surface area contributed by atoms with Gasteiger partial charge in [0.05, 0.1) is 0 Å². The van der Waals surface area contributed by atoms with Crippen LogP contribution in [0.2, 0.25) is 0 Å². The average molecular weight is 213 g/mol. The van der Waals surface area contributed by atoms with Gasteiger partial charge in [-0.15, -0.1) is 0 Å². The van der Waals surface area contributed by atoms with Gasteiger partial charge in [-0.1, -0.05) is 33.1 Å². The van der Waals surface area contributed by atoms with E-state index >= 15 is 0 Å². The van der Waals surface area contributed by atoms with Crippen molar-refractivity contribution in [3.63, 3.8) is 0 Å². The van der Waals surface area contributed by atoms with Gasteiger partial charge in [0.15, 0.2) is 0 Å². The molecule has 0 aromatic carbocycles. The number of hydrogen-bond acceptors (Lipinski definition) is 2. The molecular weight excluding hydrogens is 186 g/mol. The van der Waals surface area contributed by atoms with Crippen molar-refractivity contribution in [2.45, 2.75) is 52.0 Å². The monoisotopic (exact) mass is 213 g/mol. The van der Waals surface area contributed by atoms with E-state index in [1.54, 1.807) is 0 Å². The molecule has 2 nitrogen and oxygen atoms in total. The van der Waals surface area contributed by atoms with E-state index < -0.39 is 0 Å². The van der Waals surface area contributed by atoms with Crippen LogP contribution in [0.3, 0.4) is 0 Å². The number of hydrogen-bond donors (Lipinski definition) is 1. The Morgan fingerprint density at radius 2 is 2.00 bits per heavy atom. The highest BCUT2D eigenvalue weighted by atomic mass is 16.5. The molecule has 1 rings (SSSR count). The Bertz CT molecular complexity index is 161. The van der Waals surface area contributed by atoms with Gasteiger partial charge in [0.25, 0.3) is 0 Å². The molecule has 1 aliphatic rings. The summed E-state index contributed by atoms with van der Waals surface area (Å²) >= 11 is 0. The van der Waals surface area contributed by atoms with Crippen molar-refractivity contribution in [3.05, 3.63) is 0 Å². The number of methoxy groups -OCH3 is 1. The second-order valence-electron chi connectivity index (χ2n) is 4.90. The summed E-state index contributed by atoms with van der Waals surface area (Å²) < 4.78 is 5.30. The van der Waals surface area contributed by atoms with Gasteiger partial charge < -0.3 is 10.1 Å². The maximum Gasteiger partial charge on any atom is 0.0491 e. The highest BCUT2D eigenvalue weighted by Crippen LogP contribution is 2.29. The van der Waals surface area contributed by atoms with E-state index in [1.165, 1.54) is 32.1 Å². The van der Waals surface area contributed by atoms with Crippen molar-refractivity contribution in [1.29, 1.82) is 0 Å². The minimum absolute atomic E-state index is 0.692. The SMILES string of the molecule is CCNC1CCCCCC1C(C)COC. The van der Waals surface area contributed by atoms with Crippen LogP contribution in [-0.4, -0.2) is 26.3 Å². The van der Waals surface area contributed by atoms with E-state index in [-0.39, 0.29) is 0 Å². The zero-order chi connectivity index (χ0) is 11.1. The molecule has 0 aromatic rings. The fraction of sp³-hybridized carbons (Fsp3) is 1.00. The van der Waals surface area contributed by atoms with Crippen LogP contribution in [0.15, 0.2) is 0 Å². The molecule has 0 amide bonds. The fourth-order valence-corrected chi connectivity index (χ4v) is 2.92. The third kappa shape index (κ3) is 4.12. The van der Waals surface area contributed by atoms with Gasteiger partial charge in [0, 0.05) is 19.8 Å². The van der Waals surface area contributed by atoms with E-state index in [2.05, 4.69) is 19.2 Å². The molecule has 0 bridgehead atoms.